The van der Waals surface area contributed by atoms with Gasteiger partial charge in [-0.3, -0.25) is 0 Å². The maximum atomic E-state index is 11.6. The number of anilines is 2. The topological polar surface area (TPSA) is 80.9 Å². The van der Waals surface area contributed by atoms with E-state index in [1.54, 1.807) is 12.3 Å². The fourth-order valence-electron chi connectivity index (χ4n) is 1.73. The Bertz CT molecular complexity index is 679. The first-order valence-electron chi connectivity index (χ1n) is 4.97. The van der Waals surface area contributed by atoms with E-state index < -0.39 is 9.71 Å². The SMILES string of the molecule is C=S(C)(=O)Nc1cc(C)c2c(N)ncnc2c1. The Morgan fingerprint density at radius 1 is 1.41 bits per heavy atom. The van der Waals surface area contributed by atoms with Crippen molar-refractivity contribution in [3.05, 3.63) is 24.0 Å². The van der Waals surface area contributed by atoms with E-state index in [0.29, 0.717) is 5.82 Å². The summed E-state index contributed by atoms with van der Waals surface area (Å²) >= 11 is 0. The van der Waals surface area contributed by atoms with Gasteiger partial charge in [-0.2, -0.15) is 0 Å². The lowest BCUT2D eigenvalue weighted by Gasteiger charge is -2.11. The van der Waals surface area contributed by atoms with Crippen molar-refractivity contribution >= 4 is 38.0 Å². The molecule has 1 heterocycles. The van der Waals surface area contributed by atoms with Crippen molar-refractivity contribution in [3.8, 4) is 0 Å². The Morgan fingerprint density at radius 3 is 2.76 bits per heavy atom. The summed E-state index contributed by atoms with van der Waals surface area (Å²) < 4.78 is 14.4. The van der Waals surface area contributed by atoms with E-state index >= 15 is 0 Å². The molecule has 3 N–H and O–H groups in total. The lowest BCUT2D eigenvalue weighted by Crippen LogP contribution is -2.09. The van der Waals surface area contributed by atoms with E-state index in [9.17, 15) is 4.21 Å². The fraction of sp³-hybridized carbons (Fsp3) is 0.182. The number of aryl methyl sites for hydroxylation is 1. The van der Waals surface area contributed by atoms with Crippen LogP contribution >= 0.6 is 0 Å². The number of aromatic nitrogens is 2. The summed E-state index contributed by atoms with van der Waals surface area (Å²) in [6.07, 6.45) is 2.95. The van der Waals surface area contributed by atoms with Crippen molar-refractivity contribution in [3.63, 3.8) is 0 Å². The highest BCUT2D eigenvalue weighted by atomic mass is 32.2. The molecule has 1 atom stereocenters. The molecule has 0 saturated heterocycles. The molecule has 2 rings (SSSR count). The van der Waals surface area contributed by atoms with Crippen molar-refractivity contribution in [2.45, 2.75) is 6.92 Å². The predicted octanol–water partition coefficient (Wildman–Crippen LogP) is 1.19. The number of nitrogens with one attached hydrogen (secondary N) is 1. The molecular weight excluding hydrogens is 236 g/mol. The van der Waals surface area contributed by atoms with Gasteiger partial charge in [0, 0.05) is 27.0 Å². The highest BCUT2D eigenvalue weighted by Crippen LogP contribution is 2.25. The van der Waals surface area contributed by atoms with Crippen molar-refractivity contribution in [2.75, 3.05) is 16.7 Å². The standard InChI is InChI=1S/C11H14N4OS/c1-7-4-8(15-17(2,3)16)5-9-10(7)11(12)14-6-13-9/h4-6H,2H2,1,3H3,(H,15,16)(H2,12,13,14). The van der Waals surface area contributed by atoms with Crippen LogP contribution in [0.5, 0.6) is 0 Å². The van der Waals surface area contributed by atoms with E-state index in [4.69, 9.17) is 5.73 Å². The van der Waals surface area contributed by atoms with Gasteiger partial charge in [0.2, 0.25) is 0 Å². The summed E-state index contributed by atoms with van der Waals surface area (Å²) in [5, 5.41) is 0.824. The van der Waals surface area contributed by atoms with Crippen LogP contribution in [0.4, 0.5) is 11.5 Å². The highest BCUT2D eigenvalue weighted by molar-refractivity contribution is 8.00. The summed E-state index contributed by atoms with van der Waals surface area (Å²) in [7, 11) is -2.30. The van der Waals surface area contributed by atoms with Crippen molar-refractivity contribution in [2.24, 2.45) is 0 Å². The first-order chi connectivity index (χ1) is 7.87. The number of nitrogens with zero attached hydrogens (tertiary/aromatic N) is 2. The molecule has 1 aromatic heterocycles. The van der Waals surface area contributed by atoms with Crippen molar-refractivity contribution in [1.82, 2.24) is 9.97 Å². The van der Waals surface area contributed by atoms with Crippen LogP contribution in [0, 0.1) is 6.92 Å². The normalized spacial score (nSPS) is 14.5. The van der Waals surface area contributed by atoms with Crippen LogP contribution in [0.3, 0.4) is 0 Å². The van der Waals surface area contributed by atoms with Crippen molar-refractivity contribution in [1.29, 1.82) is 0 Å². The lowest BCUT2D eigenvalue weighted by atomic mass is 10.1. The average Bonchev–Trinajstić information content (AvgIpc) is 2.13. The van der Waals surface area contributed by atoms with E-state index in [2.05, 4.69) is 20.6 Å². The molecule has 90 valence electrons. The van der Waals surface area contributed by atoms with Gasteiger partial charge < -0.3 is 10.5 Å². The molecule has 2 aromatic rings. The number of benzene rings is 1. The maximum absolute atomic E-state index is 11.6. The fourth-order valence-corrected chi connectivity index (χ4v) is 2.35. The number of nitrogens with two attached hydrogens (primary N) is 1. The quantitative estimate of drug-likeness (QED) is 0.785. The van der Waals surface area contributed by atoms with Crippen LogP contribution in [0.25, 0.3) is 10.9 Å². The van der Waals surface area contributed by atoms with Gasteiger partial charge in [0.05, 0.1) is 5.52 Å². The number of hydrogen-bond acceptors (Lipinski definition) is 4. The number of fused-ring (bicyclic) bond motifs is 1. The monoisotopic (exact) mass is 250 g/mol. The molecule has 1 aromatic carbocycles. The number of nitrogen functional groups attached to an aromatic ring is 1. The maximum Gasteiger partial charge on any atom is 0.134 e. The smallest absolute Gasteiger partial charge is 0.134 e. The van der Waals surface area contributed by atoms with Gasteiger partial charge in [-0.25, -0.2) is 14.2 Å². The first kappa shape index (κ1) is 11.7. The number of rotatable bonds is 2. The molecule has 0 spiro atoms. The Morgan fingerprint density at radius 2 is 2.12 bits per heavy atom. The zero-order chi connectivity index (χ0) is 12.6. The summed E-state index contributed by atoms with van der Waals surface area (Å²) in [6.45, 7) is 1.91. The zero-order valence-electron chi connectivity index (χ0n) is 9.73. The second-order valence-electron chi connectivity index (χ2n) is 4.05. The van der Waals surface area contributed by atoms with Crippen LogP contribution < -0.4 is 10.5 Å². The summed E-state index contributed by atoms with van der Waals surface area (Å²) in [4.78, 5) is 8.10. The second-order valence-corrected chi connectivity index (χ2v) is 6.27. The van der Waals surface area contributed by atoms with Gasteiger partial charge >= 0.3 is 0 Å². The third-order valence-electron chi connectivity index (χ3n) is 2.30. The van der Waals surface area contributed by atoms with E-state index in [0.717, 1.165) is 22.2 Å². The van der Waals surface area contributed by atoms with Gasteiger partial charge in [-0.15, -0.1) is 0 Å². The molecule has 6 heteroatoms. The largest absolute Gasteiger partial charge is 0.383 e. The molecule has 0 aliphatic rings. The van der Waals surface area contributed by atoms with E-state index in [-0.39, 0.29) is 0 Å². The number of hydrogen-bond donors (Lipinski definition) is 2. The first-order valence-corrected chi connectivity index (χ1v) is 7.11. The Balaban J connectivity index is 2.64. The molecule has 0 amide bonds. The minimum atomic E-state index is -2.30. The van der Waals surface area contributed by atoms with E-state index in [1.807, 2.05) is 13.0 Å². The van der Waals surface area contributed by atoms with Gasteiger partial charge in [0.15, 0.2) is 0 Å². The summed E-state index contributed by atoms with van der Waals surface area (Å²) in [5.41, 5.74) is 8.17. The third-order valence-corrected chi connectivity index (χ3v) is 2.97. The molecule has 0 radical (unpaired) electrons. The van der Waals surface area contributed by atoms with E-state index in [1.165, 1.54) is 6.33 Å². The molecule has 0 aliphatic carbocycles. The molecule has 0 aliphatic heterocycles. The van der Waals surface area contributed by atoms with Crippen LogP contribution in [0.1, 0.15) is 5.56 Å². The molecule has 0 bridgehead atoms. The molecule has 0 fully saturated rings. The molecule has 17 heavy (non-hydrogen) atoms. The van der Waals surface area contributed by atoms with Crippen molar-refractivity contribution < 1.29 is 4.21 Å². The summed E-state index contributed by atoms with van der Waals surface area (Å²) in [6, 6.07) is 3.64. The van der Waals surface area contributed by atoms with Crippen LogP contribution in [-0.2, 0) is 9.71 Å². The van der Waals surface area contributed by atoms with Gasteiger partial charge in [0.25, 0.3) is 0 Å². The second kappa shape index (κ2) is 3.89. The van der Waals surface area contributed by atoms with Crippen LogP contribution in [-0.4, -0.2) is 26.3 Å². The van der Waals surface area contributed by atoms with Gasteiger partial charge in [-0.05, 0) is 30.5 Å². The minimum absolute atomic E-state index is 0.450. The highest BCUT2D eigenvalue weighted by Gasteiger charge is 2.07. The van der Waals surface area contributed by atoms with Crippen LogP contribution in [0.2, 0.25) is 0 Å². The Hall–Kier alpha value is -1.82. The zero-order valence-corrected chi connectivity index (χ0v) is 10.5. The third kappa shape index (κ3) is 2.47. The molecule has 1 unspecified atom stereocenters. The van der Waals surface area contributed by atoms with Gasteiger partial charge in [-0.1, -0.05) is 0 Å². The molecular formula is C11H14N4OS. The summed E-state index contributed by atoms with van der Waals surface area (Å²) in [5.74, 6) is 4.00. The van der Waals surface area contributed by atoms with Crippen LogP contribution in [0.15, 0.2) is 18.5 Å². The minimum Gasteiger partial charge on any atom is -0.383 e. The molecule has 5 nitrogen and oxygen atoms in total. The Kier molecular flexibility index (Phi) is 2.66. The predicted molar refractivity (Wildman–Crippen MR) is 73.5 cm³/mol. The average molecular weight is 250 g/mol. The lowest BCUT2D eigenvalue weighted by molar-refractivity contribution is 0.688. The Labute approximate surface area is 100 Å². The molecule has 0 saturated carbocycles. The van der Waals surface area contributed by atoms with Gasteiger partial charge in [0.1, 0.15) is 12.1 Å².